The molecule has 1 fully saturated rings. The van der Waals surface area contributed by atoms with E-state index >= 15 is 0 Å². The van der Waals surface area contributed by atoms with Crippen molar-refractivity contribution in [2.24, 2.45) is 7.05 Å². The van der Waals surface area contributed by atoms with Crippen molar-refractivity contribution in [1.82, 2.24) is 19.8 Å². The van der Waals surface area contributed by atoms with Crippen molar-refractivity contribution >= 4 is 18.3 Å². The van der Waals surface area contributed by atoms with E-state index in [9.17, 15) is 18.0 Å². The van der Waals surface area contributed by atoms with Gasteiger partial charge in [-0.05, 0) is 19.1 Å². The maximum absolute atomic E-state index is 13.2. The number of hydrogen-bond donors (Lipinski definition) is 1. The summed E-state index contributed by atoms with van der Waals surface area (Å²) >= 11 is 0. The molecule has 0 aliphatic carbocycles. The van der Waals surface area contributed by atoms with Crippen LogP contribution in [0.4, 0.5) is 13.2 Å². The van der Waals surface area contributed by atoms with Crippen LogP contribution in [0.2, 0.25) is 0 Å². The minimum Gasteiger partial charge on any atom is -0.480 e. The number of aryl methyl sites for hydroxylation is 1. The number of hydrogen-bond acceptors (Lipinski definition) is 4. The largest absolute Gasteiger partial charge is 0.480 e. The summed E-state index contributed by atoms with van der Waals surface area (Å²) in [5.41, 5.74) is -0.898. The Bertz CT molecular complexity index is 812. The molecule has 1 aliphatic heterocycles. The molecule has 1 aromatic carbocycles. The van der Waals surface area contributed by atoms with Crippen molar-refractivity contribution in [3.8, 4) is 5.75 Å². The van der Waals surface area contributed by atoms with Crippen LogP contribution in [0.5, 0.6) is 5.75 Å². The number of nitrogens with one attached hydrogen (secondary N) is 1. The van der Waals surface area contributed by atoms with Crippen molar-refractivity contribution < 1.29 is 22.7 Å². The molecule has 154 valence electrons. The first-order chi connectivity index (χ1) is 12.8. The average molecular weight is 419 g/mol. The van der Waals surface area contributed by atoms with Gasteiger partial charge in [-0.25, -0.2) is 4.98 Å². The molecule has 2 unspecified atom stereocenters. The normalized spacial score (nSPS) is 18.3. The lowest BCUT2D eigenvalue weighted by Gasteiger charge is -2.37. The first kappa shape index (κ1) is 22.0. The van der Waals surface area contributed by atoms with Crippen molar-refractivity contribution in [1.29, 1.82) is 0 Å². The van der Waals surface area contributed by atoms with Gasteiger partial charge in [-0.15, -0.1) is 12.4 Å². The molecule has 3 rings (SSSR count). The number of carbonyl (C=O) groups is 1. The third-order valence-electron chi connectivity index (χ3n) is 4.53. The zero-order chi connectivity index (χ0) is 19.6. The van der Waals surface area contributed by atoms with Gasteiger partial charge in [0.15, 0.2) is 6.10 Å². The van der Waals surface area contributed by atoms with E-state index in [2.05, 4.69) is 10.3 Å². The van der Waals surface area contributed by atoms with Gasteiger partial charge in [0.05, 0.1) is 5.56 Å². The molecule has 0 radical (unpaired) electrons. The molecular formula is C18H22ClF3N4O2. The fourth-order valence-corrected chi connectivity index (χ4v) is 3.17. The minimum absolute atomic E-state index is 0. The molecule has 1 aliphatic rings. The lowest BCUT2D eigenvalue weighted by atomic mass is 10.1. The average Bonchev–Trinajstić information content (AvgIpc) is 3.06. The molecule has 1 N–H and O–H groups in total. The summed E-state index contributed by atoms with van der Waals surface area (Å²) in [6.45, 7) is 3.00. The summed E-state index contributed by atoms with van der Waals surface area (Å²) in [6, 6.07) is 4.59. The summed E-state index contributed by atoms with van der Waals surface area (Å²) < 4.78 is 46.7. The van der Waals surface area contributed by atoms with E-state index in [1.54, 1.807) is 17.3 Å². The molecule has 1 aromatic heterocycles. The molecule has 2 heterocycles. The fourth-order valence-electron chi connectivity index (χ4n) is 3.17. The van der Waals surface area contributed by atoms with Crippen LogP contribution >= 0.6 is 12.4 Å². The Morgan fingerprint density at radius 1 is 1.36 bits per heavy atom. The van der Waals surface area contributed by atoms with Crippen LogP contribution in [0.3, 0.4) is 0 Å². The van der Waals surface area contributed by atoms with Gasteiger partial charge in [-0.1, -0.05) is 12.1 Å². The molecule has 2 atom stereocenters. The molecule has 10 heteroatoms. The van der Waals surface area contributed by atoms with E-state index < -0.39 is 17.8 Å². The quantitative estimate of drug-likeness (QED) is 0.829. The van der Waals surface area contributed by atoms with E-state index in [0.29, 0.717) is 25.5 Å². The fraction of sp³-hybridized carbons (Fsp3) is 0.444. The van der Waals surface area contributed by atoms with Crippen LogP contribution in [-0.4, -0.2) is 46.1 Å². The molecule has 1 saturated heterocycles. The van der Waals surface area contributed by atoms with E-state index in [0.717, 1.165) is 6.07 Å². The Morgan fingerprint density at radius 2 is 2.07 bits per heavy atom. The topological polar surface area (TPSA) is 59.4 Å². The summed E-state index contributed by atoms with van der Waals surface area (Å²) in [7, 11) is 1.83. The van der Waals surface area contributed by atoms with Gasteiger partial charge in [0, 0.05) is 39.1 Å². The number of rotatable bonds is 4. The highest BCUT2D eigenvalue weighted by Crippen LogP contribution is 2.36. The van der Waals surface area contributed by atoms with Gasteiger partial charge in [-0.2, -0.15) is 13.2 Å². The van der Waals surface area contributed by atoms with Crippen LogP contribution in [0.1, 0.15) is 24.4 Å². The number of ether oxygens (including phenoxy) is 1. The summed E-state index contributed by atoms with van der Waals surface area (Å²) in [4.78, 5) is 18.8. The number of carbonyl (C=O) groups excluding carboxylic acids is 1. The van der Waals surface area contributed by atoms with E-state index in [4.69, 9.17) is 4.74 Å². The van der Waals surface area contributed by atoms with Crippen molar-refractivity contribution in [2.45, 2.75) is 25.2 Å². The molecule has 0 bridgehead atoms. The standard InChI is InChI=1S/C18H21F3N4O2.ClH/c1-12(27-15-6-4-3-5-13(15)18(19,20)21)17(26)25-10-7-22-11-14(25)16-23-8-9-24(16)2;/h3-6,8-9,12,14,22H,7,10-11H2,1-2H3;1H. The molecular weight excluding hydrogens is 397 g/mol. The number of aromatic nitrogens is 2. The number of alkyl halides is 3. The summed E-state index contributed by atoms with van der Waals surface area (Å²) in [5, 5.41) is 3.22. The lowest BCUT2D eigenvalue weighted by Crippen LogP contribution is -2.52. The van der Waals surface area contributed by atoms with Crippen molar-refractivity contribution in [3.63, 3.8) is 0 Å². The first-order valence-corrected chi connectivity index (χ1v) is 8.60. The Kier molecular flexibility index (Phi) is 6.95. The smallest absolute Gasteiger partial charge is 0.419 e. The predicted octanol–water partition coefficient (Wildman–Crippen LogP) is 2.80. The summed E-state index contributed by atoms with van der Waals surface area (Å²) in [6.07, 6.45) is -2.18. The van der Waals surface area contributed by atoms with E-state index in [1.807, 2.05) is 11.6 Å². The molecule has 1 amide bonds. The summed E-state index contributed by atoms with van der Waals surface area (Å²) in [5.74, 6) is -0.0190. The molecule has 28 heavy (non-hydrogen) atoms. The van der Waals surface area contributed by atoms with Crippen LogP contribution in [0.15, 0.2) is 36.7 Å². The number of imidazole rings is 1. The van der Waals surface area contributed by atoms with Gasteiger partial charge in [-0.3, -0.25) is 4.79 Å². The monoisotopic (exact) mass is 418 g/mol. The van der Waals surface area contributed by atoms with Gasteiger partial charge >= 0.3 is 6.18 Å². The maximum Gasteiger partial charge on any atom is 0.419 e. The number of benzene rings is 1. The third kappa shape index (κ3) is 4.59. The Balaban J connectivity index is 0.00000280. The predicted molar refractivity (Wildman–Crippen MR) is 99.3 cm³/mol. The van der Waals surface area contributed by atoms with Crippen LogP contribution in [0.25, 0.3) is 0 Å². The second kappa shape index (κ2) is 8.83. The number of nitrogens with zero attached hydrogens (tertiary/aromatic N) is 3. The zero-order valence-corrected chi connectivity index (χ0v) is 16.3. The van der Waals surface area contributed by atoms with Crippen molar-refractivity contribution in [3.05, 3.63) is 48.0 Å². The SMILES string of the molecule is CC(Oc1ccccc1C(F)(F)F)C(=O)N1CCNCC1c1nccn1C.Cl. The van der Waals surface area contributed by atoms with E-state index in [1.165, 1.54) is 25.1 Å². The van der Waals surface area contributed by atoms with Crippen LogP contribution in [0, 0.1) is 0 Å². The minimum atomic E-state index is -4.55. The lowest BCUT2D eigenvalue weighted by molar-refractivity contribution is -0.145. The molecule has 0 spiro atoms. The molecule has 6 nitrogen and oxygen atoms in total. The first-order valence-electron chi connectivity index (χ1n) is 8.60. The number of amides is 1. The Morgan fingerprint density at radius 3 is 2.71 bits per heavy atom. The third-order valence-corrected chi connectivity index (χ3v) is 4.53. The number of halogens is 4. The Labute approximate surface area is 167 Å². The highest BCUT2D eigenvalue weighted by atomic mass is 35.5. The molecule has 2 aromatic rings. The highest BCUT2D eigenvalue weighted by Gasteiger charge is 2.37. The van der Waals surface area contributed by atoms with Crippen molar-refractivity contribution in [2.75, 3.05) is 19.6 Å². The number of piperazine rings is 1. The second-order valence-electron chi connectivity index (χ2n) is 6.40. The highest BCUT2D eigenvalue weighted by molar-refractivity contribution is 5.85. The van der Waals surface area contributed by atoms with E-state index in [-0.39, 0.29) is 30.1 Å². The van der Waals surface area contributed by atoms with Gasteiger partial charge in [0.2, 0.25) is 0 Å². The molecule has 0 saturated carbocycles. The maximum atomic E-state index is 13.2. The number of para-hydroxylation sites is 1. The zero-order valence-electron chi connectivity index (χ0n) is 15.4. The van der Waals surface area contributed by atoms with Gasteiger partial charge in [0.1, 0.15) is 17.6 Å². The van der Waals surface area contributed by atoms with Gasteiger partial charge < -0.3 is 19.5 Å². The Hall–Kier alpha value is -2.26. The van der Waals surface area contributed by atoms with Crippen LogP contribution < -0.4 is 10.1 Å². The second-order valence-corrected chi connectivity index (χ2v) is 6.40. The van der Waals surface area contributed by atoms with Gasteiger partial charge in [0.25, 0.3) is 5.91 Å². The van der Waals surface area contributed by atoms with Crippen LogP contribution in [-0.2, 0) is 18.0 Å².